The Morgan fingerprint density at radius 2 is 2.11 bits per heavy atom. The lowest BCUT2D eigenvalue weighted by Gasteiger charge is -2.14. The number of hydrogen-bond donors (Lipinski definition) is 2. The Labute approximate surface area is 112 Å². The summed E-state index contributed by atoms with van der Waals surface area (Å²) in [4.78, 5) is 12.0. The molecule has 5 nitrogen and oxygen atoms in total. The summed E-state index contributed by atoms with van der Waals surface area (Å²) in [5.74, 6) is 0.545. The Balaban J connectivity index is 1.67. The molecule has 1 aliphatic heterocycles. The molecule has 0 radical (unpaired) electrons. The molecule has 3 rings (SSSR count). The highest BCUT2D eigenvalue weighted by atomic mass is 16.5. The molecule has 0 spiro atoms. The van der Waals surface area contributed by atoms with Gasteiger partial charge in [0.2, 0.25) is 5.91 Å². The van der Waals surface area contributed by atoms with Gasteiger partial charge in [0, 0.05) is 23.8 Å². The van der Waals surface area contributed by atoms with E-state index in [4.69, 9.17) is 4.74 Å². The van der Waals surface area contributed by atoms with Crippen LogP contribution in [0.4, 0.5) is 5.82 Å². The minimum Gasteiger partial charge on any atom is -0.376 e. The second kappa shape index (κ2) is 5.57. The Morgan fingerprint density at radius 3 is 2.95 bits per heavy atom. The summed E-state index contributed by atoms with van der Waals surface area (Å²) < 4.78 is 5.40. The van der Waals surface area contributed by atoms with Gasteiger partial charge in [-0.1, -0.05) is 12.0 Å². The number of carbonyl (C=O) groups is 1. The van der Waals surface area contributed by atoms with Crippen LogP contribution >= 0.6 is 0 Å². The molecule has 1 amide bonds. The van der Waals surface area contributed by atoms with Crippen molar-refractivity contribution < 1.29 is 9.53 Å². The maximum atomic E-state index is 12.0. The highest BCUT2D eigenvalue weighted by Gasteiger charge is 2.18. The summed E-state index contributed by atoms with van der Waals surface area (Å²) >= 11 is 0. The lowest BCUT2D eigenvalue weighted by atomic mass is 9.94. The maximum absolute atomic E-state index is 12.0. The van der Waals surface area contributed by atoms with Crippen LogP contribution in [0.2, 0.25) is 0 Å². The van der Waals surface area contributed by atoms with E-state index in [2.05, 4.69) is 15.5 Å². The molecule has 0 unspecified atom stereocenters. The van der Waals surface area contributed by atoms with Crippen molar-refractivity contribution in [3.63, 3.8) is 0 Å². The largest absolute Gasteiger partial charge is 0.376 e. The molecule has 0 aromatic carbocycles. The number of carbonyl (C=O) groups excluding carboxylic acids is 1. The molecule has 2 heterocycles. The fraction of sp³-hybridized carbons (Fsp3) is 0.571. The van der Waals surface area contributed by atoms with Crippen LogP contribution in [0.3, 0.4) is 0 Å². The SMILES string of the molecule is O=C(C=C1CCCCC1)Nc1n[nH]c2c1COCC2. The lowest BCUT2D eigenvalue weighted by molar-refractivity contribution is -0.112. The third-order valence-electron chi connectivity index (χ3n) is 3.77. The van der Waals surface area contributed by atoms with Crippen molar-refractivity contribution in [2.75, 3.05) is 11.9 Å². The highest BCUT2D eigenvalue weighted by molar-refractivity contribution is 5.99. The number of H-pyrrole nitrogens is 1. The second-order valence-electron chi connectivity index (χ2n) is 5.18. The van der Waals surface area contributed by atoms with Gasteiger partial charge in [0.1, 0.15) is 0 Å². The van der Waals surface area contributed by atoms with Gasteiger partial charge in [-0.25, -0.2) is 0 Å². The van der Waals surface area contributed by atoms with E-state index < -0.39 is 0 Å². The van der Waals surface area contributed by atoms with Gasteiger partial charge >= 0.3 is 0 Å². The highest BCUT2D eigenvalue weighted by Crippen LogP contribution is 2.24. The number of fused-ring (bicyclic) bond motifs is 1. The minimum absolute atomic E-state index is 0.0724. The third-order valence-corrected chi connectivity index (χ3v) is 3.77. The molecular formula is C14H19N3O2. The van der Waals surface area contributed by atoms with E-state index in [1.54, 1.807) is 6.08 Å². The van der Waals surface area contributed by atoms with Crippen LogP contribution < -0.4 is 5.32 Å². The monoisotopic (exact) mass is 261 g/mol. The minimum atomic E-state index is -0.0724. The van der Waals surface area contributed by atoms with E-state index >= 15 is 0 Å². The number of rotatable bonds is 2. The van der Waals surface area contributed by atoms with E-state index in [0.29, 0.717) is 19.0 Å². The first-order valence-corrected chi connectivity index (χ1v) is 6.97. The van der Waals surface area contributed by atoms with Gasteiger partial charge in [0.25, 0.3) is 0 Å². The van der Waals surface area contributed by atoms with Crippen LogP contribution in [-0.2, 0) is 22.6 Å². The van der Waals surface area contributed by atoms with Gasteiger partial charge in [-0.15, -0.1) is 0 Å². The van der Waals surface area contributed by atoms with Gasteiger partial charge in [0.05, 0.1) is 13.2 Å². The van der Waals surface area contributed by atoms with Gasteiger partial charge < -0.3 is 10.1 Å². The van der Waals surface area contributed by atoms with Crippen LogP contribution in [-0.4, -0.2) is 22.7 Å². The standard InChI is InChI=1S/C14H19N3O2/c18-13(8-10-4-2-1-3-5-10)15-14-11-9-19-7-6-12(11)16-17-14/h8H,1-7,9H2,(H2,15,16,17,18). The van der Waals surface area contributed by atoms with Gasteiger partial charge in [0.15, 0.2) is 5.82 Å². The van der Waals surface area contributed by atoms with Crippen LogP contribution in [0.5, 0.6) is 0 Å². The average Bonchev–Trinajstić information content (AvgIpc) is 2.83. The molecule has 1 saturated carbocycles. The first kappa shape index (κ1) is 12.4. The number of aromatic amines is 1. The first-order valence-electron chi connectivity index (χ1n) is 6.97. The number of aromatic nitrogens is 2. The topological polar surface area (TPSA) is 67.0 Å². The van der Waals surface area contributed by atoms with E-state index in [0.717, 1.165) is 30.5 Å². The van der Waals surface area contributed by atoms with Gasteiger partial charge in [-0.2, -0.15) is 5.10 Å². The lowest BCUT2D eigenvalue weighted by Crippen LogP contribution is -2.14. The fourth-order valence-electron chi connectivity index (χ4n) is 2.70. The number of hydrogen-bond acceptors (Lipinski definition) is 3. The fourth-order valence-corrected chi connectivity index (χ4v) is 2.70. The number of nitrogens with zero attached hydrogens (tertiary/aromatic N) is 1. The zero-order chi connectivity index (χ0) is 13.1. The second-order valence-corrected chi connectivity index (χ2v) is 5.18. The number of ether oxygens (including phenoxy) is 1. The Morgan fingerprint density at radius 1 is 1.26 bits per heavy atom. The summed E-state index contributed by atoms with van der Waals surface area (Å²) in [6.07, 6.45) is 8.35. The van der Waals surface area contributed by atoms with E-state index in [1.807, 2.05) is 0 Å². The van der Waals surface area contributed by atoms with Crippen LogP contribution in [0.25, 0.3) is 0 Å². The van der Waals surface area contributed by atoms with Gasteiger partial charge in [-0.05, 0) is 25.7 Å². The van der Waals surface area contributed by atoms with Crippen molar-refractivity contribution in [3.8, 4) is 0 Å². The van der Waals surface area contributed by atoms with Crippen molar-refractivity contribution in [1.82, 2.24) is 10.2 Å². The molecule has 1 aromatic heterocycles. The normalized spacial score (nSPS) is 18.8. The number of nitrogens with one attached hydrogen (secondary N) is 2. The molecule has 2 N–H and O–H groups in total. The Bertz CT molecular complexity index is 497. The summed E-state index contributed by atoms with van der Waals surface area (Å²) in [7, 11) is 0. The molecule has 5 heteroatoms. The number of amides is 1. The zero-order valence-electron chi connectivity index (χ0n) is 11.0. The van der Waals surface area contributed by atoms with Crippen LogP contribution in [0.15, 0.2) is 11.6 Å². The quantitative estimate of drug-likeness (QED) is 0.803. The van der Waals surface area contributed by atoms with Crippen LogP contribution in [0, 0.1) is 0 Å². The smallest absolute Gasteiger partial charge is 0.249 e. The number of anilines is 1. The molecule has 1 aliphatic carbocycles. The van der Waals surface area contributed by atoms with Crippen molar-refractivity contribution in [1.29, 1.82) is 0 Å². The number of allylic oxidation sites excluding steroid dienone is 1. The molecular weight excluding hydrogens is 242 g/mol. The summed E-state index contributed by atoms with van der Waals surface area (Å²) in [6, 6.07) is 0. The molecule has 19 heavy (non-hydrogen) atoms. The molecule has 1 fully saturated rings. The van der Waals surface area contributed by atoms with Crippen molar-refractivity contribution >= 4 is 11.7 Å². The molecule has 0 atom stereocenters. The predicted octanol–water partition coefficient (Wildman–Crippen LogP) is 2.31. The Hall–Kier alpha value is -1.62. The third kappa shape index (κ3) is 2.87. The van der Waals surface area contributed by atoms with Gasteiger partial charge in [-0.3, -0.25) is 9.89 Å². The maximum Gasteiger partial charge on any atom is 0.249 e. The van der Waals surface area contributed by atoms with E-state index in [1.165, 1.54) is 24.8 Å². The molecule has 1 aromatic rings. The van der Waals surface area contributed by atoms with Crippen molar-refractivity contribution in [3.05, 3.63) is 22.9 Å². The molecule has 0 bridgehead atoms. The van der Waals surface area contributed by atoms with Crippen molar-refractivity contribution in [2.24, 2.45) is 0 Å². The van der Waals surface area contributed by atoms with E-state index in [9.17, 15) is 4.79 Å². The molecule has 0 saturated heterocycles. The summed E-state index contributed by atoms with van der Waals surface area (Å²) in [5.41, 5.74) is 3.32. The van der Waals surface area contributed by atoms with E-state index in [-0.39, 0.29) is 5.91 Å². The first-order chi connectivity index (χ1) is 9.33. The summed E-state index contributed by atoms with van der Waals surface area (Å²) in [6.45, 7) is 1.24. The molecule has 102 valence electrons. The average molecular weight is 261 g/mol. The Kier molecular flexibility index (Phi) is 3.64. The molecule has 2 aliphatic rings. The van der Waals surface area contributed by atoms with Crippen molar-refractivity contribution in [2.45, 2.75) is 45.1 Å². The summed E-state index contributed by atoms with van der Waals surface area (Å²) in [5, 5.41) is 9.99. The van der Waals surface area contributed by atoms with Crippen LogP contribution in [0.1, 0.15) is 43.4 Å². The zero-order valence-corrected chi connectivity index (χ0v) is 11.0. The predicted molar refractivity (Wildman–Crippen MR) is 71.7 cm³/mol.